The SMILES string of the molecule is COc1cc(NCC(O)CN2C(C)CCCC2C)c2ncccc2c1. The van der Waals surface area contributed by atoms with Gasteiger partial charge in [0.05, 0.1) is 24.4 Å². The quantitative estimate of drug-likeness (QED) is 0.843. The van der Waals surface area contributed by atoms with Gasteiger partial charge in [0, 0.05) is 42.8 Å². The van der Waals surface area contributed by atoms with Gasteiger partial charge in [0.25, 0.3) is 0 Å². The fourth-order valence-electron chi connectivity index (χ4n) is 3.79. The highest BCUT2D eigenvalue weighted by atomic mass is 16.5. The van der Waals surface area contributed by atoms with E-state index in [1.165, 1.54) is 19.3 Å². The van der Waals surface area contributed by atoms with Crippen LogP contribution in [0.3, 0.4) is 0 Å². The maximum absolute atomic E-state index is 10.5. The molecule has 1 aliphatic rings. The summed E-state index contributed by atoms with van der Waals surface area (Å²) < 4.78 is 5.38. The van der Waals surface area contributed by atoms with Gasteiger partial charge < -0.3 is 15.2 Å². The van der Waals surface area contributed by atoms with Gasteiger partial charge in [-0.1, -0.05) is 12.5 Å². The van der Waals surface area contributed by atoms with E-state index in [0.29, 0.717) is 25.2 Å². The third kappa shape index (κ3) is 4.22. The highest BCUT2D eigenvalue weighted by Gasteiger charge is 2.26. The van der Waals surface area contributed by atoms with Crippen molar-refractivity contribution in [1.29, 1.82) is 0 Å². The van der Waals surface area contributed by atoms with Crippen LogP contribution in [0.2, 0.25) is 0 Å². The second-order valence-electron chi connectivity index (χ2n) is 7.11. The van der Waals surface area contributed by atoms with Crippen molar-refractivity contribution in [3.05, 3.63) is 30.5 Å². The third-order valence-electron chi connectivity index (χ3n) is 5.24. The summed E-state index contributed by atoms with van der Waals surface area (Å²) in [6.45, 7) is 5.71. The molecule has 2 N–H and O–H groups in total. The van der Waals surface area contributed by atoms with Gasteiger partial charge in [0.1, 0.15) is 5.75 Å². The molecule has 136 valence electrons. The minimum Gasteiger partial charge on any atom is -0.497 e. The van der Waals surface area contributed by atoms with E-state index in [1.54, 1.807) is 13.3 Å². The van der Waals surface area contributed by atoms with E-state index >= 15 is 0 Å². The van der Waals surface area contributed by atoms with E-state index < -0.39 is 6.10 Å². The predicted molar refractivity (Wildman–Crippen MR) is 102 cm³/mol. The summed E-state index contributed by atoms with van der Waals surface area (Å²) in [6.07, 6.45) is 5.08. The van der Waals surface area contributed by atoms with Crippen LogP contribution in [-0.2, 0) is 0 Å². The number of nitrogens with zero attached hydrogens (tertiary/aromatic N) is 2. The molecule has 3 atom stereocenters. The predicted octanol–water partition coefficient (Wildman–Crippen LogP) is 3.28. The minimum absolute atomic E-state index is 0.423. The lowest BCUT2D eigenvalue weighted by atomic mass is 9.97. The Morgan fingerprint density at radius 2 is 2.08 bits per heavy atom. The first-order valence-corrected chi connectivity index (χ1v) is 9.19. The van der Waals surface area contributed by atoms with Crippen LogP contribution >= 0.6 is 0 Å². The maximum Gasteiger partial charge on any atom is 0.121 e. The number of aromatic nitrogens is 1. The van der Waals surface area contributed by atoms with Gasteiger partial charge in [-0.3, -0.25) is 9.88 Å². The molecule has 5 heteroatoms. The number of ether oxygens (including phenoxy) is 1. The number of hydrogen-bond acceptors (Lipinski definition) is 5. The number of rotatable bonds is 6. The molecular weight excluding hydrogens is 314 g/mol. The molecule has 1 aliphatic heterocycles. The summed E-state index contributed by atoms with van der Waals surface area (Å²) >= 11 is 0. The maximum atomic E-state index is 10.5. The van der Waals surface area contributed by atoms with Gasteiger partial charge in [-0.05, 0) is 38.8 Å². The van der Waals surface area contributed by atoms with Crippen molar-refractivity contribution >= 4 is 16.6 Å². The van der Waals surface area contributed by atoms with Crippen LogP contribution in [0.5, 0.6) is 5.75 Å². The van der Waals surface area contributed by atoms with Crippen molar-refractivity contribution in [2.45, 2.75) is 51.3 Å². The molecule has 1 fully saturated rings. The van der Waals surface area contributed by atoms with Gasteiger partial charge in [-0.15, -0.1) is 0 Å². The first-order chi connectivity index (χ1) is 12.1. The summed E-state index contributed by atoms with van der Waals surface area (Å²) in [7, 11) is 1.66. The Balaban J connectivity index is 1.67. The normalized spacial score (nSPS) is 22.7. The van der Waals surface area contributed by atoms with Crippen molar-refractivity contribution in [2.24, 2.45) is 0 Å². The van der Waals surface area contributed by atoms with Gasteiger partial charge in [0.15, 0.2) is 0 Å². The summed E-state index contributed by atoms with van der Waals surface area (Å²) in [4.78, 5) is 6.89. The summed E-state index contributed by atoms with van der Waals surface area (Å²) in [5.41, 5.74) is 1.80. The van der Waals surface area contributed by atoms with Crippen molar-refractivity contribution in [3.63, 3.8) is 0 Å². The summed E-state index contributed by atoms with van der Waals surface area (Å²) in [5.74, 6) is 0.788. The van der Waals surface area contributed by atoms with Crippen molar-refractivity contribution in [3.8, 4) is 5.75 Å². The second kappa shape index (κ2) is 8.02. The Bertz CT molecular complexity index is 696. The van der Waals surface area contributed by atoms with Gasteiger partial charge in [-0.2, -0.15) is 0 Å². The molecule has 25 heavy (non-hydrogen) atoms. The number of benzene rings is 1. The Morgan fingerprint density at radius 3 is 2.80 bits per heavy atom. The van der Waals surface area contributed by atoms with Crippen molar-refractivity contribution in [2.75, 3.05) is 25.5 Å². The molecule has 0 spiro atoms. The van der Waals surface area contributed by atoms with E-state index in [1.807, 2.05) is 24.3 Å². The third-order valence-corrected chi connectivity index (χ3v) is 5.24. The first kappa shape index (κ1) is 18.0. The molecule has 1 saturated heterocycles. The van der Waals surface area contributed by atoms with Crippen LogP contribution in [0.15, 0.2) is 30.5 Å². The lowest BCUT2D eigenvalue weighted by Crippen LogP contribution is -2.48. The fourth-order valence-corrected chi connectivity index (χ4v) is 3.79. The molecule has 5 nitrogen and oxygen atoms in total. The number of piperidine rings is 1. The van der Waals surface area contributed by atoms with E-state index in [4.69, 9.17) is 4.74 Å². The molecule has 1 aromatic carbocycles. The van der Waals surface area contributed by atoms with Gasteiger partial charge >= 0.3 is 0 Å². The zero-order chi connectivity index (χ0) is 17.8. The topological polar surface area (TPSA) is 57.6 Å². The number of nitrogens with one attached hydrogen (secondary N) is 1. The first-order valence-electron chi connectivity index (χ1n) is 9.19. The van der Waals surface area contributed by atoms with Crippen LogP contribution in [0.4, 0.5) is 5.69 Å². The zero-order valence-electron chi connectivity index (χ0n) is 15.4. The zero-order valence-corrected chi connectivity index (χ0v) is 15.4. The number of fused-ring (bicyclic) bond motifs is 1. The molecule has 2 heterocycles. The van der Waals surface area contributed by atoms with E-state index in [9.17, 15) is 5.11 Å². The van der Waals surface area contributed by atoms with Crippen LogP contribution in [0, 0.1) is 0 Å². The Labute approximate surface area is 150 Å². The number of aliphatic hydroxyl groups is 1. The Hall–Kier alpha value is -1.85. The average Bonchev–Trinajstić information content (AvgIpc) is 2.62. The van der Waals surface area contributed by atoms with Gasteiger partial charge in [-0.25, -0.2) is 0 Å². The lowest BCUT2D eigenvalue weighted by Gasteiger charge is -2.40. The number of pyridine rings is 1. The summed E-state index contributed by atoms with van der Waals surface area (Å²) in [5, 5.41) is 14.9. The molecule has 0 aliphatic carbocycles. The second-order valence-corrected chi connectivity index (χ2v) is 7.11. The standard InChI is InChI=1S/C20H29N3O2/c1-14-6-4-7-15(2)23(14)13-17(24)12-22-19-11-18(25-3)10-16-8-5-9-21-20(16)19/h5,8-11,14-15,17,22,24H,4,6-7,12-13H2,1-3H3. The molecule has 1 aromatic heterocycles. The van der Waals surface area contributed by atoms with Crippen LogP contribution in [0.1, 0.15) is 33.1 Å². The number of β-amino-alcohol motifs (C(OH)–C–C–N with tert-alkyl or cyclic N) is 1. The molecule has 3 unspecified atom stereocenters. The number of methoxy groups -OCH3 is 1. The summed E-state index contributed by atoms with van der Waals surface area (Å²) in [6, 6.07) is 8.92. The highest BCUT2D eigenvalue weighted by Crippen LogP contribution is 2.28. The van der Waals surface area contributed by atoms with E-state index in [2.05, 4.69) is 29.0 Å². The molecule has 2 aromatic rings. The number of aliphatic hydroxyl groups excluding tert-OH is 1. The number of likely N-dealkylation sites (tertiary alicyclic amines) is 1. The van der Waals surface area contributed by atoms with E-state index in [0.717, 1.165) is 22.3 Å². The van der Waals surface area contributed by atoms with E-state index in [-0.39, 0.29) is 0 Å². The van der Waals surface area contributed by atoms with Crippen LogP contribution < -0.4 is 10.1 Å². The number of anilines is 1. The van der Waals surface area contributed by atoms with Crippen LogP contribution in [-0.4, -0.2) is 53.4 Å². The number of hydrogen-bond donors (Lipinski definition) is 2. The molecule has 3 rings (SSSR count). The monoisotopic (exact) mass is 343 g/mol. The smallest absolute Gasteiger partial charge is 0.121 e. The Kier molecular flexibility index (Phi) is 5.76. The minimum atomic E-state index is -0.423. The van der Waals surface area contributed by atoms with Crippen molar-refractivity contribution in [1.82, 2.24) is 9.88 Å². The molecule has 0 saturated carbocycles. The molecule has 0 bridgehead atoms. The van der Waals surface area contributed by atoms with Crippen LogP contribution in [0.25, 0.3) is 10.9 Å². The molecule has 0 radical (unpaired) electrons. The molecule has 0 amide bonds. The highest BCUT2D eigenvalue weighted by molar-refractivity contribution is 5.91. The lowest BCUT2D eigenvalue weighted by molar-refractivity contribution is 0.0467. The molecular formula is C20H29N3O2. The average molecular weight is 343 g/mol. The Morgan fingerprint density at radius 1 is 1.32 bits per heavy atom. The largest absolute Gasteiger partial charge is 0.497 e. The van der Waals surface area contributed by atoms with Gasteiger partial charge in [0.2, 0.25) is 0 Å². The van der Waals surface area contributed by atoms with Crippen molar-refractivity contribution < 1.29 is 9.84 Å². The fraction of sp³-hybridized carbons (Fsp3) is 0.550.